The highest BCUT2D eigenvalue weighted by Gasteiger charge is 2.28. The van der Waals surface area contributed by atoms with Crippen LogP contribution in [0.4, 0.5) is 0 Å². The van der Waals surface area contributed by atoms with Crippen molar-refractivity contribution in [1.82, 2.24) is 5.06 Å². The number of carbonyl (C=O) groups is 1. The van der Waals surface area contributed by atoms with Crippen molar-refractivity contribution >= 4 is 5.78 Å². The molecule has 2 aromatic rings. The van der Waals surface area contributed by atoms with Crippen molar-refractivity contribution in [3.05, 3.63) is 71.8 Å². The van der Waals surface area contributed by atoms with E-state index in [2.05, 4.69) is 0 Å². The maximum absolute atomic E-state index is 12.9. The summed E-state index contributed by atoms with van der Waals surface area (Å²) < 4.78 is 0. The van der Waals surface area contributed by atoms with Gasteiger partial charge in [0.15, 0.2) is 5.78 Å². The van der Waals surface area contributed by atoms with Gasteiger partial charge >= 0.3 is 0 Å². The number of nitrogens with zero attached hydrogens (tertiary/aromatic N) is 1. The molecule has 2 aromatic carbocycles. The summed E-state index contributed by atoms with van der Waals surface area (Å²) in [7, 11) is 0. The minimum Gasteiger partial charge on any atom is -0.313 e. The van der Waals surface area contributed by atoms with Crippen LogP contribution in [0, 0.1) is 0 Å². The van der Waals surface area contributed by atoms with Crippen LogP contribution in [0.2, 0.25) is 0 Å². The maximum Gasteiger partial charge on any atom is 0.171 e. The van der Waals surface area contributed by atoms with E-state index in [1.165, 1.54) is 5.06 Å². The first-order valence-electron chi connectivity index (χ1n) is 7.50. The van der Waals surface area contributed by atoms with E-state index >= 15 is 0 Å². The molecule has 116 valence electrons. The largest absolute Gasteiger partial charge is 0.313 e. The van der Waals surface area contributed by atoms with Gasteiger partial charge in [0.25, 0.3) is 0 Å². The van der Waals surface area contributed by atoms with Crippen LogP contribution in [0.1, 0.15) is 42.6 Å². The minimum absolute atomic E-state index is 0.0232. The molecule has 0 bridgehead atoms. The Balaban J connectivity index is 2.32. The van der Waals surface area contributed by atoms with Crippen molar-refractivity contribution in [2.24, 2.45) is 0 Å². The fraction of sp³-hybridized carbons (Fsp3) is 0.316. The first-order chi connectivity index (χ1) is 10.4. The monoisotopic (exact) mass is 297 g/mol. The van der Waals surface area contributed by atoms with Crippen LogP contribution >= 0.6 is 0 Å². The number of hydrogen-bond acceptors (Lipinski definition) is 3. The molecule has 0 aliphatic rings. The maximum atomic E-state index is 12.9. The Morgan fingerprint density at radius 3 is 2.00 bits per heavy atom. The van der Waals surface area contributed by atoms with Crippen molar-refractivity contribution in [1.29, 1.82) is 0 Å². The molecular weight excluding hydrogens is 274 g/mol. The van der Waals surface area contributed by atoms with Gasteiger partial charge in [0, 0.05) is 17.6 Å². The lowest BCUT2D eigenvalue weighted by atomic mass is 9.89. The molecule has 0 aliphatic heterocycles. The Bertz CT molecular complexity index is 602. The molecular formula is C19H23NO2. The fourth-order valence-electron chi connectivity index (χ4n) is 2.28. The van der Waals surface area contributed by atoms with E-state index in [-0.39, 0.29) is 12.3 Å². The number of benzene rings is 2. The molecule has 1 N–H and O–H groups in total. The van der Waals surface area contributed by atoms with E-state index in [1.807, 2.05) is 81.4 Å². The molecule has 0 fully saturated rings. The van der Waals surface area contributed by atoms with Crippen LogP contribution < -0.4 is 0 Å². The second-order valence-electron chi connectivity index (χ2n) is 6.45. The predicted molar refractivity (Wildman–Crippen MR) is 88.2 cm³/mol. The lowest BCUT2D eigenvalue weighted by Gasteiger charge is -2.32. The van der Waals surface area contributed by atoms with Gasteiger partial charge in [-0.05, 0) is 26.3 Å². The quantitative estimate of drug-likeness (QED) is 0.666. The number of rotatable bonds is 5. The van der Waals surface area contributed by atoms with Crippen molar-refractivity contribution < 1.29 is 10.0 Å². The number of ketones is 1. The molecule has 0 radical (unpaired) electrons. The first-order valence-corrected chi connectivity index (χ1v) is 7.50. The van der Waals surface area contributed by atoms with E-state index in [1.54, 1.807) is 0 Å². The lowest BCUT2D eigenvalue weighted by Crippen LogP contribution is -2.42. The van der Waals surface area contributed by atoms with E-state index in [9.17, 15) is 10.0 Å². The van der Waals surface area contributed by atoms with Crippen LogP contribution in [0.15, 0.2) is 60.7 Å². The van der Waals surface area contributed by atoms with E-state index in [4.69, 9.17) is 0 Å². The molecule has 0 amide bonds. The first kappa shape index (κ1) is 16.4. The topological polar surface area (TPSA) is 40.5 Å². The average Bonchev–Trinajstić information content (AvgIpc) is 2.52. The summed E-state index contributed by atoms with van der Waals surface area (Å²) in [5, 5.41) is 11.5. The molecule has 0 aromatic heterocycles. The van der Waals surface area contributed by atoms with Gasteiger partial charge in [-0.1, -0.05) is 60.7 Å². The third-order valence-corrected chi connectivity index (χ3v) is 3.71. The third-order valence-electron chi connectivity index (χ3n) is 3.71. The Labute approximate surface area is 132 Å². The van der Waals surface area contributed by atoms with E-state index in [0.717, 1.165) is 5.56 Å². The predicted octanol–water partition coefficient (Wildman–Crippen LogP) is 4.14. The average molecular weight is 297 g/mol. The van der Waals surface area contributed by atoms with Crippen LogP contribution in [0.5, 0.6) is 0 Å². The summed E-state index contributed by atoms with van der Waals surface area (Å²) in [6, 6.07) is 18.9. The van der Waals surface area contributed by atoms with Crippen molar-refractivity contribution in [2.75, 3.05) is 6.54 Å². The second-order valence-corrected chi connectivity index (χ2v) is 6.45. The van der Waals surface area contributed by atoms with E-state index in [0.29, 0.717) is 5.56 Å². The number of hydroxylamine groups is 2. The highest BCUT2D eigenvalue weighted by atomic mass is 16.5. The Hall–Kier alpha value is -1.97. The van der Waals surface area contributed by atoms with Gasteiger partial charge in [-0.15, -0.1) is 0 Å². The number of Topliss-reactive ketones (excluding diaryl/α,β-unsaturated/α-hetero) is 1. The SMILES string of the molecule is CC(C)(C)N(O)C[C@@H](C(=O)c1ccccc1)c1ccccc1. The summed E-state index contributed by atoms with van der Waals surface area (Å²) in [5.74, 6) is -0.372. The minimum atomic E-state index is -0.413. The van der Waals surface area contributed by atoms with Crippen molar-refractivity contribution in [2.45, 2.75) is 32.2 Å². The van der Waals surface area contributed by atoms with Gasteiger partial charge in [-0.3, -0.25) is 4.79 Å². The molecule has 0 aliphatic carbocycles. The van der Waals surface area contributed by atoms with Crippen LogP contribution in [-0.2, 0) is 0 Å². The van der Waals surface area contributed by atoms with Crippen LogP contribution in [-0.4, -0.2) is 28.1 Å². The zero-order chi connectivity index (χ0) is 16.2. The van der Waals surface area contributed by atoms with Crippen molar-refractivity contribution in [3.8, 4) is 0 Å². The number of carbonyl (C=O) groups excluding carboxylic acids is 1. The molecule has 1 atom stereocenters. The van der Waals surface area contributed by atoms with Crippen molar-refractivity contribution in [3.63, 3.8) is 0 Å². The fourth-order valence-corrected chi connectivity index (χ4v) is 2.28. The molecule has 2 rings (SSSR count). The second kappa shape index (κ2) is 6.86. The molecule has 3 nitrogen and oxygen atoms in total. The standard InChI is InChI=1S/C19H23NO2/c1-19(2,3)20(22)14-17(15-10-6-4-7-11-15)18(21)16-12-8-5-9-13-16/h4-13,17,22H,14H2,1-3H3/t17-/m1/s1. The summed E-state index contributed by atoms with van der Waals surface area (Å²) in [6.45, 7) is 6.02. The van der Waals surface area contributed by atoms with Gasteiger partial charge < -0.3 is 5.21 Å². The summed E-state index contributed by atoms with van der Waals surface area (Å²) in [5.41, 5.74) is 1.17. The van der Waals surface area contributed by atoms with Crippen LogP contribution in [0.3, 0.4) is 0 Å². The highest BCUT2D eigenvalue weighted by Crippen LogP contribution is 2.24. The smallest absolute Gasteiger partial charge is 0.171 e. The zero-order valence-electron chi connectivity index (χ0n) is 13.4. The van der Waals surface area contributed by atoms with Crippen LogP contribution in [0.25, 0.3) is 0 Å². The highest BCUT2D eigenvalue weighted by molar-refractivity contribution is 6.01. The van der Waals surface area contributed by atoms with Gasteiger partial charge in [0.05, 0.1) is 5.92 Å². The van der Waals surface area contributed by atoms with Gasteiger partial charge in [0.1, 0.15) is 0 Å². The molecule has 3 heteroatoms. The summed E-state index contributed by atoms with van der Waals surface area (Å²) >= 11 is 0. The molecule has 0 spiro atoms. The number of hydrogen-bond donors (Lipinski definition) is 1. The molecule has 0 heterocycles. The molecule has 0 saturated heterocycles. The Morgan fingerprint density at radius 1 is 1.00 bits per heavy atom. The van der Waals surface area contributed by atoms with Gasteiger partial charge in [-0.2, -0.15) is 5.06 Å². The molecule has 0 saturated carbocycles. The third kappa shape index (κ3) is 4.03. The molecule has 22 heavy (non-hydrogen) atoms. The molecule has 0 unspecified atom stereocenters. The summed E-state index contributed by atoms with van der Waals surface area (Å²) in [6.07, 6.45) is 0. The van der Waals surface area contributed by atoms with Gasteiger partial charge in [0.2, 0.25) is 0 Å². The normalized spacial score (nSPS) is 13.1. The lowest BCUT2D eigenvalue weighted by molar-refractivity contribution is -0.156. The summed E-state index contributed by atoms with van der Waals surface area (Å²) in [4.78, 5) is 12.9. The van der Waals surface area contributed by atoms with E-state index < -0.39 is 11.5 Å². The Morgan fingerprint density at radius 2 is 1.50 bits per heavy atom. The Kier molecular flexibility index (Phi) is 5.11. The van der Waals surface area contributed by atoms with Gasteiger partial charge in [-0.25, -0.2) is 0 Å². The zero-order valence-corrected chi connectivity index (χ0v) is 13.4.